The first-order chi connectivity index (χ1) is 18.0. The minimum Gasteiger partial charge on any atom is -0.497 e. The molecule has 0 spiro atoms. The van der Waals surface area contributed by atoms with Crippen molar-refractivity contribution >= 4 is 44.3 Å². The number of hydrogen-bond donors (Lipinski definition) is 1. The van der Waals surface area contributed by atoms with Gasteiger partial charge in [-0.1, -0.05) is 42.5 Å². The van der Waals surface area contributed by atoms with E-state index in [-0.39, 0.29) is 0 Å². The second-order valence-corrected chi connectivity index (χ2v) is 9.99. The fourth-order valence-electron chi connectivity index (χ4n) is 4.38. The Morgan fingerprint density at radius 2 is 1.78 bits per heavy atom. The van der Waals surface area contributed by atoms with Crippen LogP contribution in [0.3, 0.4) is 0 Å². The molecule has 0 unspecified atom stereocenters. The van der Waals surface area contributed by atoms with Crippen LogP contribution in [-0.4, -0.2) is 17.1 Å². The second kappa shape index (κ2) is 11.0. The SMILES string of the molecule is COc1ccc(CNc2nc3ccc(-c4ccccc4C)cc3cc2C=C(C)c2cncc(Br)c2)cc1. The highest BCUT2D eigenvalue weighted by Gasteiger charge is 2.10. The predicted molar refractivity (Wildman–Crippen MR) is 158 cm³/mol. The minimum atomic E-state index is 0.655. The number of halogens is 1. The number of pyridine rings is 2. The molecule has 0 saturated heterocycles. The van der Waals surface area contributed by atoms with E-state index < -0.39 is 0 Å². The average molecular weight is 551 g/mol. The number of benzene rings is 3. The Kier molecular flexibility index (Phi) is 7.33. The highest BCUT2D eigenvalue weighted by atomic mass is 79.9. The van der Waals surface area contributed by atoms with Crippen molar-refractivity contribution in [2.75, 3.05) is 12.4 Å². The van der Waals surface area contributed by atoms with E-state index in [2.05, 4.69) is 113 Å². The Hall–Kier alpha value is -3.96. The number of ether oxygens (including phenoxy) is 1. The van der Waals surface area contributed by atoms with Crippen molar-refractivity contribution in [3.8, 4) is 16.9 Å². The highest BCUT2D eigenvalue weighted by molar-refractivity contribution is 9.10. The van der Waals surface area contributed by atoms with Crippen LogP contribution in [0.5, 0.6) is 5.75 Å². The molecular formula is C32H28BrN3O. The Bertz CT molecular complexity index is 1590. The monoisotopic (exact) mass is 549 g/mol. The molecule has 0 amide bonds. The molecule has 0 atom stereocenters. The van der Waals surface area contributed by atoms with Crippen molar-refractivity contribution in [2.24, 2.45) is 0 Å². The van der Waals surface area contributed by atoms with E-state index in [1.807, 2.05) is 18.3 Å². The summed E-state index contributed by atoms with van der Waals surface area (Å²) < 4.78 is 6.25. The number of anilines is 1. The molecule has 0 aliphatic carbocycles. The van der Waals surface area contributed by atoms with E-state index in [4.69, 9.17) is 9.72 Å². The van der Waals surface area contributed by atoms with Crippen molar-refractivity contribution in [3.05, 3.63) is 118 Å². The molecule has 0 fully saturated rings. The van der Waals surface area contributed by atoms with Crippen molar-refractivity contribution in [2.45, 2.75) is 20.4 Å². The van der Waals surface area contributed by atoms with Gasteiger partial charge in [0.05, 0.1) is 12.6 Å². The highest BCUT2D eigenvalue weighted by Crippen LogP contribution is 2.31. The lowest BCUT2D eigenvalue weighted by Crippen LogP contribution is -2.04. The standard InChI is InChI=1S/C32H28BrN3O/c1-21-6-4-5-7-30(21)24-10-13-31-25(15-24)16-26(14-22(2)27-17-28(33)20-34-19-27)32(36-31)35-18-23-8-11-29(37-3)12-9-23/h4-17,19-20H,18H2,1-3H3,(H,35,36). The number of aromatic nitrogens is 2. The molecule has 0 aliphatic heterocycles. The van der Waals surface area contributed by atoms with Crippen LogP contribution in [0.2, 0.25) is 0 Å². The molecule has 4 nitrogen and oxygen atoms in total. The first-order valence-electron chi connectivity index (χ1n) is 12.2. The van der Waals surface area contributed by atoms with E-state index >= 15 is 0 Å². The summed E-state index contributed by atoms with van der Waals surface area (Å²) in [4.78, 5) is 9.37. The maximum absolute atomic E-state index is 5.29. The van der Waals surface area contributed by atoms with Gasteiger partial charge in [-0.15, -0.1) is 0 Å². The van der Waals surface area contributed by atoms with Crippen molar-refractivity contribution in [1.82, 2.24) is 9.97 Å². The van der Waals surface area contributed by atoms with Crippen LogP contribution in [0.4, 0.5) is 5.82 Å². The number of nitrogens with zero attached hydrogens (tertiary/aromatic N) is 2. The Morgan fingerprint density at radius 1 is 0.973 bits per heavy atom. The minimum absolute atomic E-state index is 0.655. The van der Waals surface area contributed by atoms with Crippen LogP contribution >= 0.6 is 15.9 Å². The number of allylic oxidation sites excluding steroid dienone is 1. The van der Waals surface area contributed by atoms with Gasteiger partial charge in [0.25, 0.3) is 0 Å². The summed E-state index contributed by atoms with van der Waals surface area (Å²) in [5.41, 5.74) is 8.98. The maximum atomic E-state index is 5.29. The van der Waals surface area contributed by atoms with Gasteiger partial charge in [0.1, 0.15) is 11.6 Å². The van der Waals surface area contributed by atoms with Gasteiger partial charge in [-0.3, -0.25) is 4.98 Å². The summed E-state index contributed by atoms with van der Waals surface area (Å²) in [6, 6.07) is 27.3. The molecule has 37 heavy (non-hydrogen) atoms. The van der Waals surface area contributed by atoms with Gasteiger partial charge in [-0.2, -0.15) is 0 Å². The summed E-state index contributed by atoms with van der Waals surface area (Å²) in [6.07, 6.45) is 5.85. The van der Waals surface area contributed by atoms with E-state index in [1.54, 1.807) is 13.3 Å². The molecule has 3 aromatic carbocycles. The number of aryl methyl sites for hydroxylation is 1. The first kappa shape index (κ1) is 24.7. The zero-order valence-corrected chi connectivity index (χ0v) is 22.7. The Morgan fingerprint density at radius 3 is 2.54 bits per heavy atom. The third kappa shape index (κ3) is 5.73. The van der Waals surface area contributed by atoms with Gasteiger partial charge in [-0.05, 0) is 106 Å². The zero-order valence-electron chi connectivity index (χ0n) is 21.1. The van der Waals surface area contributed by atoms with E-state index in [9.17, 15) is 0 Å². The topological polar surface area (TPSA) is 47.0 Å². The van der Waals surface area contributed by atoms with Crippen LogP contribution in [0.25, 0.3) is 33.7 Å². The van der Waals surface area contributed by atoms with Gasteiger partial charge in [0.15, 0.2) is 0 Å². The fourth-order valence-corrected chi connectivity index (χ4v) is 4.75. The molecule has 0 radical (unpaired) electrons. The molecule has 184 valence electrons. The lowest BCUT2D eigenvalue weighted by atomic mass is 9.98. The van der Waals surface area contributed by atoms with Gasteiger partial charge in [0.2, 0.25) is 0 Å². The largest absolute Gasteiger partial charge is 0.497 e. The van der Waals surface area contributed by atoms with E-state index in [0.29, 0.717) is 6.54 Å². The molecule has 5 aromatic rings. The summed E-state index contributed by atoms with van der Waals surface area (Å²) >= 11 is 3.54. The molecule has 2 aromatic heterocycles. The van der Waals surface area contributed by atoms with Crippen LogP contribution in [0, 0.1) is 6.92 Å². The quantitative estimate of drug-likeness (QED) is 0.221. The third-order valence-corrected chi connectivity index (χ3v) is 6.89. The van der Waals surface area contributed by atoms with Crippen LogP contribution in [0.15, 0.2) is 95.7 Å². The lowest BCUT2D eigenvalue weighted by Gasteiger charge is -2.13. The molecule has 1 N–H and O–H groups in total. The Balaban J connectivity index is 1.56. The number of rotatable bonds is 7. The average Bonchev–Trinajstić information content (AvgIpc) is 2.92. The number of methoxy groups -OCH3 is 1. The van der Waals surface area contributed by atoms with E-state index in [0.717, 1.165) is 49.2 Å². The van der Waals surface area contributed by atoms with Gasteiger partial charge in [0, 0.05) is 34.4 Å². The molecule has 0 aliphatic rings. The summed E-state index contributed by atoms with van der Waals surface area (Å²) in [5.74, 6) is 1.69. The van der Waals surface area contributed by atoms with E-state index in [1.165, 1.54) is 16.7 Å². The third-order valence-electron chi connectivity index (χ3n) is 6.45. The first-order valence-corrected chi connectivity index (χ1v) is 13.0. The molecule has 5 heteroatoms. The molecule has 0 bridgehead atoms. The predicted octanol–water partition coefficient (Wildman–Crippen LogP) is 8.55. The van der Waals surface area contributed by atoms with Crippen LogP contribution in [0.1, 0.15) is 29.2 Å². The molecule has 2 heterocycles. The number of hydrogen-bond acceptors (Lipinski definition) is 4. The van der Waals surface area contributed by atoms with Gasteiger partial charge in [-0.25, -0.2) is 4.98 Å². The van der Waals surface area contributed by atoms with Gasteiger partial charge >= 0.3 is 0 Å². The zero-order chi connectivity index (χ0) is 25.8. The lowest BCUT2D eigenvalue weighted by molar-refractivity contribution is 0.414. The van der Waals surface area contributed by atoms with Crippen molar-refractivity contribution in [1.29, 1.82) is 0 Å². The number of fused-ring (bicyclic) bond motifs is 1. The molecule has 0 saturated carbocycles. The smallest absolute Gasteiger partial charge is 0.134 e. The Labute approximate surface area is 226 Å². The fraction of sp³-hybridized carbons (Fsp3) is 0.125. The summed E-state index contributed by atoms with van der Waals surface area (Å²) in [5, 5.41) is 4.66. The molecular weight excluding hydrogens is 522 g/mol. The number of nitrogens with one attached hydrogen (secondary N) is 1. The normalized spacial score (nSPS) is 11.5. The van der Waals surface area contributed by atoms with Crippen molar-refractivity contribution < 1.29 is 4.74 Å². The second-order valence-electron chi connectivity index (χ2n) is 9.07. The summed E-state index contributed by atoms with van der Waals surface area (Å²) in [6.45, 7) is 4.90. The summed E-state index contributed by atoms with van der Waals surface area (Å²) in [7, 11) is 1.68. The van der Waals surface area contributed by atoms with Crippen molar-refractivity contribution in [3.63, 3.8) is 0 Å². The maximum Gasteiger partial charge on any atom is 0.134 e. The molecule has 5 rings (SSSR count). The van der Waals surface area contributed by atoms with Crippen LogP contribution in [-0.2, 0) is 6.54 Å². The van der Waals surface area contributed by atoms with Crippen LogP contribution < -0.4 is 10.1 Å². The van der Waals surface area contributed by atoms with Gasteiger partial charge < -0.3 is 10.1 Å².